The Morgan fingerprint density at radius 2 is 0.710 bits per heavy atom. The van der Waals surface area contributed by atoms with Crippen LogP contribution in [0.1, 0.15) is 6.92 Å². The van der Waals surface area contributed by atoms with Gasteiger partial charge in [0.05, 0.1) is 32.7 Å². The SMILES string of the molecule is CNNC(=O)CNNC(=O)CNNC(=O)CNNC(=O)CNNC(=O)CNNC(C)=O. The van der Waals surface area contributed by atoms with Crippen molar-refractivity contribution in [3.05, 3.63) is 0 Å². The molecule has 0 heterocycles. The molecule has 0 aliphatic carbocycles. The van der Waals surface area contributed by atoms with Gasteiger partial charge in [0, 0.05) is 14.0 Å². The van der Waals surface area contributed by atoms with Gasteiger partial charge in [0.25, 0.3) is 0 Å². The van der Waals surface area contributed by atoms with E-state index in [-0.39, 0.29) is 38.6 Å². The molecular weight excluding hydrogens is 420 g/mol. The van der Waals surface area contributed by atoms with E-state index in [4.69, 9.17) is 0 Å². The fourth-order valence-corrected chi connectivity index (χ4v) is 1.50. The molecule has 31 heavy (non-hydrogen) atoms. The molecule has 0 aromatic heterocycles. The van der Waals surface area contributed by atoms with Crippen molar-refractivity contribution >= 4 is 35.4 Å². The van der Waals surface area contributed by atoms with Gasteiger partial charge in [-0.05, 0) is 0 Å². The molecular formula is C13H28N12O6. The molecule has 0 spiro atoms. The normalized spacial score (nSPS) is 9.87. The Hall–Kier alpha value is -3.42. The van der Waals surface area contributed by atoms with E-state index in [9.17, 15) is 28.8 Å². The molecule has 12 N–H and O–H groups in total. The van der Waals surface area contributed by atoms with Crippen LogP contribution in [0.15, 0.2) is 0 Å². The van der Waals surface area contributed by atoms with Crippen LogP contribution in [0.4, 0.5) is 0 Å². The van der Waals surface area contributed by atoms with E-state index in [0.29, 0.717) is 0 Å². The van der Waals surface area contributed by atoms with Gasteiger partial charge in [-0.1, -0.05) is 0 Å². The molecule has 0 aliphatic rings. The molecule has 18 heteroatoms. The van der Waals surface area contributed by atoms with Crippen LogP contribution in [-0.4, -0.2) is 75.2 Å². The highest BCUT2D eigenvalue weighted by Crippen LogP contribution is 1.65. The van der Waals surface area contributed by atoms with Crippen molar-refractivity contribution in [3.63, 3.8) is 0 Å². The molecule has 0 unspecified atom stereocenters. The Bertz CT molecular complexity index is 630. The molecule has 0 fully saturated rings. The molecule has 0 bridgehead atoms. The van der Waals surface area contributed by atoms with E-state index in [1.807, 2.05) is 0 Å². The summed E-state index contributed by atoms with van der Waals surface area (Å²) in [6.45, 7) is 0.0175. The molecule has 18 nitrogen and oxygen atoms in total. The first-order valence-corrected chi connectivity index (χ1v) is 8.76. The molecule has 0 atom stereocenters. The number of rotatable bonds is 16. The second kappa shape index (κ2) is 17.4. The maximum absolute atomic E-state index is 11.5. The summed E-state index contributed by atoms with van der Waals surface area (Å²) in [6, 6.07) is 0. The van der Waals surface area contributed by atoms with E-state index >= 15 is 0 Å². The highest BCUT2D eigenvalue weighted by atomic mass is 16.2. The number of hydrogen-bond donors (Lipinski definition) is 12. The zero-order valence-corrected chi connectivity index (χ0v) is 17.0. The molecule has 0 saturated carbocycles. The summed E-state index contributed by atoms with van der Waals surface area (Å²) in [6.07, 6.45) is 0. The van der Waals surface area contributed by atoms with Crippen LogP contribution in [0.2, 0.25) is 0 Å². The summed E-state index contributed by atoms with van der Waals surface area (Å²) in [7, 11) is 1.51. The van der Waals surface area contributed by atoms with Gasteiger partial charge in [-0.25, -0.2) is 32.6 Å². The maximum Gasteiger partial charge on any atom is 0.249 e. The van der Waals surface area contributed by atoms with Crippen LogP contribution >= 0.6 is 0 Å². The van der Waals surface area contributed by atoms with Crippen molar-refractivity contribution < 1.29 is 28.8 Å². The van der Waals surface area contributed by atoms with Crippen molar-refractivity contribution in [2.24, 2.45) is 0 Å². The highest BCUT2D eigenvalue weighted by molar-refractivity contribution is 5.82. The highest BCUT2D eigenvalue weighted by Gasteiger charge is 2.06. The minimum absolute atomic E-state index is 0.158. The molecule has 0 aromatic carbocycles. The van der Waals surface area contributed by atoms with Crippen molar-refractivity contribution in [1.29, 1.82) is 0 Å². The van der Waals surface area contributed by atoms with Gasteiger partial charge in [-0.15, -0.1) is 0 Å². The van der Waals surface area contributed by atoms with Gasteiger partial charge in [-0.3, -0.25) is 61.3 Å². The minimum atomic E-state index is -0.584. The molecule has 0 aliphatic heterocycles. The van der Waals surface area contributed by atoms with Crippen molar-refractivity contribution in [3.8, 4) is 0 Å². The third-order valence-electron chi connectivity index (χ3n) is 2.68. The van der Waals surface area contributed by atoms with E-state index in [2.05, 4.69) is 65.1 Å². The van der Waals surface area contributed by atoms with Gasteiger partial charge in [0.2, 0.25) is 35.4 Å². The van der Waals surface area contributed by atoms with Gasteiger partial charge in [0.1, 0.15) is 0 Å². The van der Waals surface area contributed by atoms with Crippen molar-refractivity contribution in [2.75, 3.05) is 39.8 Å². The zero-order valence-electron chi connectivity index (χ0n) is 17.0. The quantitative estimate of drug-likeness (QED) is 0.0984. The lowest BCUT2D eigenvalue weighted by molar-refractivity contribution is -0.125. The monoisotopic (exact) mass is 448 g/mol. The zero-order chi connectivity index (χ0) is 23.5. The molecule has 6 amide bonds. The Balaban J connectivity index is 3.66. The fraction of sp³-hybridized carbons (Fsp3) is 0.538. The summed E-state index contributed by atoms with van der Waals surface area (Å²) in [4.78, 5) is 67.5. The lowest BCUT2D eigenvalue weighted by Gasteiger charge is -2.11. The van der Waals surface area contributed by atoms with Crippen LogP contribution < -0.4 is 65.1 Å². The summed E-state index contributed by atoms with van der Waals surface area (Å²) in [5.41, 5.74) is 27.5. The lowest BCUT2D eigenvalue weighted by atomic mass is 10.6. The number of nitrogens with one attached hydrogen (secondary N) is 12. The second-order valence-corrected chi connectivity index (χ2v) is 5.44. The van der Waals surface area contributed by atoms with Crippen LogP contribution in [0, 0.1) is 0 Å². The largest absolute Gasteiger partial charge is 0.291 e. The van der Waals surface area contributed by atoms with Crippen molar-refractivity contribution in [2.45, 2.75) is 6.92 Å². The predicted molar refractivity (Wildman–Crippen MR) is 104 cm³/mol. The number of carbonyl (C=O) groups excluding carboxylic acids is 6. The van der Waals surface area contributed by atoms with Crippen molar-refractivity contribution in [1.82, 2.24) is 65.1 Å². The van der Waals surface area contributed by atoms with Crippen LogP contribution in [0.25, 0.3) is 0 Å². The first kappa shape index (κ1) is 27.6. The minimum Gasteiger partial charge on any atom is -0.291 e. The molecule has 176 valence electrons. The van der Waals surface area contributed by atoms with Gasteiger partial charge in [-0.2, -0.15) is 0 Å². The smallest absolute Gasteiger partial charge is 0.249 e. The standard InChI is InChI=1S/C13H28N12O6/c1-8(26)20-15-4-10(28)22-17-6-12(30)24-19-7-13(31)25-18-5-11(29)23-16-3-9(27)21-14-2/h14-19H,3-7H2,1-2H3,(H,20,26)(H,21,27)(H,22,28)(H,23,29)(H,24,30)(H,25,31). The van der Waals surface area contributed by atoms with Gasteiger partial charge < -0.3 is 0 Å². The Labute approximate surface area is 177 Å². The molecule has 0 aromatic rings. The Morgan fingerprint density at radius 3 is 0.968 bits per heavy atom. The predicted octanol–water partition coefficient (Wildman–Crippen LogP) is -7.64. The van der Waals surface area contributed by atoms with E-state index < -0.39 is 29.5 Å². The summed E-state index contributed by atoms with van der Waals surface area (Å²) >= 11 is 0. The van der Waals surface area contributed by atoms with E-state index in [1.165, 1.54) is 14.0 Å². The van der Waals surface area contributed by atoms with Gasteiger partial charge >= 0.3 is 0 Å². The molecule has 0 rings (SSSR count). The number of amides is 6. The van der Waals surface area contributed by atoms with E-state index in [0.717, 1.165) is 0 Å². The van der Waals surface area contributed by atoms with E-state index in [1.54, 1.807) is 0 Å². The maximum atomic E-state index is 11.5. The molecule has 0 radical (unpaired) electrons. The van der Waals surface area contributed by atoms with Gasteiger partial charge in [0.15, 0.2) is 0 Å². The second-order valence-electron chi connectivity index (χ2n) is 5.44. The summed E-state index contributed by atoms with van der Waals surface area (Å²) < 4.78 is 0. The van der Waals surface area contributed by atoms with Crippen LogP contribution in [0.3, 0.4) is 0 Å². The average Bonchev–Trinajstić information content (AvgIpc) is 2.68. The third kappa shape index (κ3) is 18.4. The Kier molecular flexibility index (Phi) is 15.5. The first-order valence-electron chi connectivity index (χ1n) is 8.76. The Morgan fingerprint density at radius 1 is 0.452 bits per heavy atom. The number of carbonyl (C=O) groups is 6. The average molecular weight is 448 g/mol. The van der Waals surface area contributed by atoms with Crippen LogP contribution in [0.5, 0.6) is 0 Å². The molecule has 0 saturated heterocycles. The summed E-state index contributed by atoms with van der Waals surface area (Å²) in [5, 5.41) is 0. The van der Waals surface area contributed by atoms with Crippen LogP contribution in [-0.2, 0) is 28.8 Å². The topological polar surface area (TPSA) is 247 Å². The first-order chi connectivity index (χ1) is 14.7. The third-order valence-corrected chi connectivity index (χ3v) is 2.68. The summed E-state index contributed by atoms with van der Waals surface area (Å²) in [5.74, 6) is -2.99. The lowest BCUT2D eigenvalue weighted by Crippen LogP contribution is -2.53. The number of hydrazine groups is 6. The fourth-order valence-electron chi connectivity index (χ4n) is 1.50. The number of hydrogen-bond acceptors (Lipinski definition) is 12.